The molecule has 10 atom stereocenters. The van der Waals surface area contributed by atoms with Gasteiger partial charge >= 0.3 is 12.1 Å². The van der Waals surface area contributed by atoms with Crippen molar-refractivity contribution in [1.82, 2.24) is 31.2 Å². The Balaban J connectivity index is 0.00000185. The fourth-order valence-corrected chi connectivity index (χ4v) is 8.26. The van der Waals surface area contributed by atoms with Gasteiger partial charge in [0.15, 0.2) is 5.78 Å². The summed E-state index contributed by atoms with van der Waals surface area (Å²) < 4.78 is 43.6. The van der Waals surface area contributed by atoms with Crippen molar-refractivity contribution in [3.63, 3.8) is 0 Å². The third kappa shape index (κ3) is 16.4. The molecule has 1 aromatic rings. The number of hydroxylamine groups is 2. The Morgan fingerprint density at radius 2 is 1.53 bits per heavy atom. The molecule has 0 bridgehead atoms. The van der Waals surface area contributed by atoms with E-state index >= 15 is 0 Å². The molecule has 0 aromatic heterocycles. The molecule has 64 heavy (non-hydrogen) atoms. The van der Waals surface area contributed by atoms with Crippen LogP contribution in [0.3, 0.4) is 0 Å². The van der Waals surface area contributed by atoms with Crippen molar-refractivity contribution in [1.29, 1.82) is 0 Å². The van der Waals surface area contributed by atoms with Gasteiger partial charge in [0.2, 0.25) is 17.7 Å². The van der Waals surface area contributed by atoms with Crippen molar-refractivity contribution < 1.29 is 61.4 Å². The predicted molar refractivity (Wildman–Crippen MR) is 233 cm³/mol. The summed E-state index contributed by atoms with van der Waals surface area (Å²) >= 11 is 0. The number of rotatable bonds is 22. The summed E-state index contributed by atoms with van der Waals surface area (Å²) in [6.07, 6.45) is -2.28. The predicted octanol–water partition coefficient (Wildman–Crippen LogP) is 3.91. The summed E-state index contributed by atoms with van der Waals surface area (Å²) in [6.45, 7) is 14.5. The van der Waals surface area contributed by atoms with E-state index < -0.39 is 60.5 Å². The molecule has 16 nitrogen and oxygen atoms in total. The fourth-order valence-electron chi connectivity index (χ4n) is 8.26. The van der Waals surface area contributed by atoms with E-state index in [-0.39, 0.29) is 59.6 Å². The van der Waals surface area contributed by atoms with Gasteiger partial charge < -0.3 is 40.7 Å². The van der Waals surface area contributed by atoms with Gasteiger partial charge in [-0.25, -0.2) is 9.86 Å². The molecule has 4 amide bonds. The number of ketones is 1. The van der Waals surface area contributed by atoms with Gasteiger partial charge in [-0.15, -0.1) is 0 Å². The Morgan fingerprint density at radius 1 is 0.922 bits per heavy atom. The van der Waals surface area contributed by atoms with Gasteiger partial charge in [0, 0.05) is 46.7 Å². The minimum Gasteiger partial charge on any atom is -0.475 e. The molecular formula is C45H73F3N6O10. The number of alkyl halides is 3. The Kier molecular flexibility index (Phi) is 23.4. The molecule has 0 spiro atoms. The summed E-state index contributed by atoms with van der Waals surface area (Å²) in [5, 5.41) is 21.0. The number of hydrogen-bond donors (Lipinski definition) is 5. The molecule has 3 rings (SSSR count). The van der Waals surface area contributed by atoms with Crippen molar-refractivity contribution in [3.8, 4) is 0 Å². The smallest absolute Gasteiger partial charge is 0.475 e. The maximum Gasteiger partial charge on any atom is 0.490 e. The summed E-state index contributed by atoms with van der Waals surface area (Å²) in [5.41, 5.74) is 0.916. The average Bonchev–Trinajstić information content (AvgIpc) is 3.75. The Hall–Kier alpha value is -4.17. The number of carbonyl (C=O) groups is 6. The van der Waals surface area contributed by atoms with Crippen LogP contribution in [0.2, 0.25) is 0 Å². The molecule has 2 saturated heterocycles. The van der Waals surface area contributed by atoms with Crippen LogP contribution in [0, 0.1) is 23.7 Å². The number of ether oxygens (including phenoxy) is 2. The van der Waals surface area contributed by atoms with E-state index in [1.165, 1.54) is 5.06 Å². The van der Waals surface area contributed by atoms with Crippen LogP contribution < -0.4 is 21.3 Å². The number of carbonyl (C=O) groups excluding carboxylic acids is 5. The topological polar surface area (TPSA) is 205 Å². The lowest BCUT2D eigenvalue weighted by Crippen LogP contribution is -2.59. The molecule has 0 aliphatic carbocycles. The lowest BCUT2D eigenvalue weighted by Gasteiger charge is -2.40. The molecule has 2 aliphatic rings. The van der Waals surface area contributed by atoms with Gasteiger partial charge in [0.25, 0.3) is 5.91 Å². The molecule has 2 aliphatic heterocycles. The molecule has 2 fully saturated rings. The lowest BCUT2D eigenvalue weighted by atomic mass is 9.88. The Bertz CT molecular complexity index is 1650. The van der Waals surface area contributed by atoms with E-state index in [2.05, 4.69) is 21.3 Å². The van der Waals surface area contributed by atoms with Crippen molar-refractivity contribution in [2.24, 2.45) is 23.7 Å². The Morgan fingerprint density at radius 3 is 2.02 bits per heavy atom. The largest absolute Gasteiger partial charge is 0.490 e. The van der Waals surface area contributed by atoms with Crippen LogP contribution in [-0.2, 0) is 49.5 Å². The number of carboxylic acid groups (broad SMARTS) is 1. The molecular weight excluding hydrogens is 842 g/mol. The molecule has 0 saturated carbocycles. The van der Waals surface area contributed by atoms with Crippen LogP contribution in [0.15, 0.2) is 30.3 Å². The summed E-state index contributed by atoms with van der Waals surface area (Å²) in [7, 11) is 6.58. The first-order chi connectivity index (χ1) is 30.0. The highest BCUT2D eigenvalue weighted by Crippen LogP contribution is 2.28. The highest BCUT2D eigenvalue weighted by atomic mass is 19.4. The fraction of sp³-hybridized carbons (Fsp3) is 0.733. The van der Waals surface area contributed by atoms with Gasteiger partial charge in [-0.3, -0.25) is 28.8 Å². The van der Waals surface area contributed by atoms with E-state index in [0.29, 0.717) is 32.4 Å². The van der Waals surface area contributed by atoms with Gasteiger partial charge in [-0.2, -0.15) is 13.2 Å². The Labute approximate surface area is 376 Å². The number of carboxylic acids is 1. The van der Waals surface area contributed by atoms with Crippen LogP contribution in [0.25, 0.3) is 0 Å². The quantitative estimate of drug-likeness (QED) is 0.112. The number of amides is 4. The highest BCUT2D eigenvalue weighted by molar-refractivity contribution is 5.91. The van der Waals surface area contributed by atoms with Crippen molar-refractivity contribution >= 4 is 35.4 Å². The minimum absolute atomic E-state index is 0.0125. The van der Waals surface area contributed by atoms with Gasteiger partial charge in [-0.1, -0.05) is 85.2 Å². The first kappa shape index (κ1) is 56.0. The maximum absolute atomic E-state index is 14.1. The van der Waals surface area contributed by atoms with Crippen LogP contribution in [0.1, 0.15) is 92.6 Å². The van der Waals surface area contributed by atoms with E-state index in [9.17, 15) is 37.1 Å². The summed E-state index contributed by atoms with van der Waals surface area (Å²) in [6, 6.07) is 6.30. The highest BCUT2D eigenvalue weighted by Gasteiger charge is 2.43. The van der Waals surface area contributed by atoms with Gasteiger partial charge in [0.05, 0.1) is 42.9 Å². The maximum atomic E-state index is 14.1. The molecule has 2 heterocycles. The number of hydrogen-bond acceptors (Lipinski definition) is 11. The third-order valence-corrected chi connectivity index (χ3v) is 12.1. The zero-order valence-electron chi connectivity index (χ0n) is 39.3. The second kappa shape index (κ2) is 26.7. The van der Waals surface area contributed by atoms with E-state index in [0.717, 1.165) is 24.8 Å². The summed E-state index contributed by atoms with van der Waals surface area (Å²) in [4.78, 5) is 85.0. The monoisotopic (exact) mass is 915 g/mol. The van der Waals surface area contributed by atoms with Gasteiger partial charge in [-0.05, 0) is 56.0 Å². The van der Waals surface area contributed by atoms with Crippen LogP contribution in [0.4, 0.5) is 13.2 Å². The number of methoxy groups -OCH3 is 2. The molecule has 1 aromatic carbocycles. The average molecular weight is 915 g/mol. The zero-order chi connectivity index (χ0) is 48.5. The van der Waals surface area contributed by atoms with E-state index in [1.807, 2.05) is 71.9 Å². The number of Topliss-reactive ketones (excluding diaryl/α,β-unsaturated/α-hetero) is 1. The molecule has 1 unspecified atom stereocenters. The second-order valence-corrected chi connectivity index (χ2v) is 17.4. The number of aliphatic carboxylic acids is 1. The first-order valence-corrected chi connectivity index (χ1v) is 22.2. The number of benzene rings is 1. The van der Waals surface area contributed by atoms with E-state index in [4.69, 9.17) is 24.2 Å². The van der Waals surface area contributed by atoms with Crippen LogP contribution in [0.5, 0.6) is 0 Å². The number of likely N-dealkylation sites (N-methyl/N-ethyl adjacent to an activating group) is 2. The number of halogens is 3. The third-order valence-electron chi connectivity index (χ3n) is 12.1. The molecule has 0 radical (unpaired) electrons. The number of nitrogens with zero attached hydrogens (tertiary/aromatic N) is 2. The SMILES string of the molecule is CC[C@H](C)[C@@H]([C@@H](CC(=O)C1CC[C@@H]([C@H](OC)[C@@H](C)C(=O)N[C@H](Cc2ccccc2)C(=O)N2CCCCO2)N1)OC)N(C)C(=O)[C@@H](NC(=O)[C@@H](NC)C(C)C)C(C)C.O=C(O)C(F)(F)F. The summed E-state index contributed by atoms with van der Waals surface area (Å²) in [5.74, 6) is -4.69. The zero-order valence-corrected chi connectivity index (χ0v) is 39.3. The molecule has 364 valence electrons. The van der Waals surface area contributed by atoms with E-state index in [1.54, 1.807) is 40.1 Å². The number of nitrogens with one attached hydrogen (secondary N) is 4. The van der Waals surface area contributed by atoms with Crippen molar-refractivity contribution in [2.75, 3.05) is 41.5 Å². The van der Waals surface area contributed by atoms with Crippen LogP contribution >= 0.6 is 0 Å². The lowest BCUT2D eigenvalue weighted by molar-refractivity contribution is -0.199. The van der Waals surface area contributed by atoms with Gasteiger partial charge in [0.1, 0.15) is 12.1 Å². The standard InChI is InChI=1S/C43H72N6O8.C2HF3O2/c1-12-28(6)38(48(9)43(54)37(27(4)5)47-41(52)36(44-8)26(2)3)35(55-10)25-34(50)31-20-21-32(45-31)39(56-11)29(7)40(51)46-33(24-30-18-14-13-15-19-30)42(53)49-22-16-17-23-57-49;3-2(4,5)1(6)7/h13-15,18-19,26-29,31-33,35-39,44-45H,12,16-17,20-25H2,1-11H3,(H,46,51)(H,47,52);(H,6,7)/t28-,29+,31?,32-,33+,35+,36-,37-,38-,39+;/m0./s1. The van der Waals surface area contributed by atoms with Crippen molar-refractivity contribution in [3.05, 3.63) is 35.9 Å². The first-order valence-electron chi connectivity index (χ1n) is 22.2. The normalized spacial score (nSPS) is 20.4. The molecule has 19 heteroatoms. The minimum atomic E-state index is -5.08. The molecule has 5 N–H and O–H groups in total. The van der Waals surface area contributed by atoms with Crippen LogP contribution in [-0.4, -0.2) is 147 Å². The van der Waals surface area contributed by atoms with Crippen molar-refractivity contribution in [2.45, 2.75) is 148 Å². The second-order valence-electron chi connectivity index (χ2n) is 17.4.